The highest BCUT2D eigenvalue weighted by molar-refractivity contribution is 6.30. The molecule has 7 heteroatoms. The van der Waals surface area contributed by atoms with E-state index in [0.717, 1.165) is 43.7 Å². The van der Waals surface area contributed by atoms with E-state index >= 15 is 0 Å². The predicted molar refractivity (Wildman–Crippen MR) is 121 cm³/mol. The zero-order chi connectivity index (χ0) is 22.0. The molecule has 1 aliphatic carbocycles. The number of nitrogens with zero attached hydrogens (tertiary/aromatic N) is 3. The summed E-state index contributed by atoms with van der Waals surface area (Å²) < 4.78 is 7.78. The average molecular weight is 446 g/mol. The summed E-state index contributed by atoms with van der Waals surface area (Å²) in [6.07, 6.45) is 4.39. The lowest BCUT2D eigenvalue weighted by molar-refractivity contribution is -0.162. The van der Waals surface area contributed by atoms with Crippen molar-refractivity contribution >= 4 is 17.6 Å². The number of aromatic nitrogens is 2. The maximum atomic E-state index is 11.6. The fourth-order valence-corrected chi connectivity index (χ4v) is 5.27. The molecule has 2 aliphatic rings. The maximum absolute atomic E-state index is 11.6. The van der Waals surface area contributed by atoms with Gasteiger partial charge in [0.05, 0.1) is 12.3 Å². The van der Waals surface area contributed by atoms with Crippen molar-refractivity contribution in [1.29, 1.82) is 0 Å². The number of carboxylic acids is 1. The zero-order valence-electron chi connectivity index (χ0n) is 18.3. The molecule has 1 aromatic heterocycles. The number of carbonyl (C=O) groups is 1. The second-order valence-corrected chi connectivity index (χ2v) is 9.31. The van der Waals surface area contributed by atoms with E-state index in [0.29, 0.717) is 25.1 Å². The van der Waals surface area contributed by atoms with Crippen LogP contribution < -0.4 is 0 Å². The van der Waals surface area contributed by atoms with Crippen LogP contribution in [0.15, 0.2) is 30.3 Å². The Hall–Kier alpha value is -1.89. The van der Waals surface area contributed by atoms with Crippen molar-refractivity contribution in [2.24, 2.45) is 0 Å². The largest absolute Gasteiger partial charge is 0.479 e. The van der Waals surface area contributed by atoms with Crippen LogP contribution in [-0.2, 0) is 22.5 Å². The van der Waals surface area contributed by atoms with Crippen molar-refractivity contribution in [1.82, 2.24) is 14.7 Å². The first kappa shape index (κ1) is 22.3. The number of carboxylic acid groups (broad SMARTS) is 1. The number of morpholine rings is 1. The lowest BCUT2D eigenvalue weighted by Gasteiger charge is -2.45. The number of aliphatic carboxylic acids is 1. The van der Waals surface area contributed by atoms with Crippen LogP contribution in [0, 0.1) is 6.92 Å². The lowest BCUT2D eigenvalue weighted by Crippen LogP contribution is -2.57. The van der Waals surface area contributed by atoms with Crippen molar-refractivity contribution in [2.45, 2.75) is 76.6 Å². The minimum Gasteiger partial charge on any atom is -0.479 e. The van der Waals surface area contributed by atoms with E-state index in [1.165, 1.54) is 17.0 Å². The second kappa shape index (κ2) is 9.72. The Kier molecular flexibility index (Phi) is 6.99. The molecule has 0 spiro atoms. The second-order valence-electron chi connectivity index (χ2n) is 8.87. The summed E-state index contributed by atoms with van der Waals surface area (Å²) >= 11 is 6.04. The first-order valence-electron chi connectivity index (χ1n) is 11.3. The number of benzene rings is 1. The standard InChI is InChI=1S/C24H32ClN3O3/c1-3-28-16(2)12-22(26-28)18-6-10-20(11-7-18)27-14-23(24(29)30)31-15-21(27)13-17-4-8-19(25)9-5-17/h4-5,8-9,12,18,20-21,23H,3,6-7,10-11,13-15H2,1-2H3,(H,29,30)/t18?,20?,21-,23+/m0/s1. The number of ether oxygens (including phenoxy) is 1. The van der Waals surface area contributed by atoms with Crippen LogP contribution >= 0.6 is 11.6 Å². The van der Waals surface area contributed by atoms with Crippen LogP contribution in [0.2, 0.25) is 5.02 Å². The predicted octanol–water partition coefficient (Wildman–Crippen LogP) is 4.29. The number of hydrogen-bond acceptors (Lipinski definition) is 4. The summed E-state index contributed by atoms with van der Waals surface area (Å²) in [5.74, 6) is -0.377. The average Bonchev–Trinajstić information content (AvgIpc) is 3.16. The summed E-state index contributed by atoms with van der Waals surface area (Å²) in [4.78, 5) is 14.0. The van der Waals surface area contributed by atoms with Gasteiger partial charge in [-0.1, -0.05) is 23.7 Å². The smallest absolute Gasteiger partial charge is 0.334 e. The van der Waals surface area contributed by atoms with Crippen molar-refractivity contribution < 1.29 is 14.6 Å². The summed E-state index contributed by atoms with van der Waals surface area (Å²) in [6.45, 7) is 6.04. The van der Waals surface area contributed by atoms with E-state index < -0.39 is 12.1 Å². The van der Waals surface area contributed by atoms with E-state index in [1.807, 2.05) is 24.3 Å². The fraction of sp³-hybridized carbons (Fsp3) is 0.583. The summed E-state index contributed by atoms with van der Waals surface area (Å²) in [6, 6.07) is 10.7. The van der Waals surface area contributed by atoms with Gasteiger partial charge < -0.3 is 9.84 Å². The SMILES string of the molecule is CCn1nc(C2CCC(N3C[C@H](C(=O)O)OC[C@@H]3Cc3ccc(Cl)cc3)CC2)cc1C. The summed E-state index contributed by atoms with van der Waals surface area (Å²) in [5, 5.41) is 15.1. The highest BCUT2D eigenvalue weighted by Crippen LogP contribution is 2.36. The number of halogens is 1. The molecule has 2 fully saturated rings. The molecule has 2 atom stereocenters. The Balaban J connectivity index is 1.44. The summed E-state index contributed by atoms with van der Waals surface area (Å²) in [5.41, 5.74) is 3.63. The molecule has 31 heavy (non-hydrogen) atoms. The van der Waals surface area contributed by atoms with Gasteiger partial charge in [0.15, 0.2) is 6.10 Å². The van der Waals surface area contributed by atoms with Gasteiger partial charge in [-0.15, -0.1) is 0 Å². The minimum absolute atomic E-state index is 0.180. The molecule has 0 amide bonds. The van der Waals surface area contributed by atoms with E-state index in [4.69, 9.17) is 21.4 Å². The molecule has 4 rings (SSSR count). The first-order chi connectivity index (χ1) is 14.9. The topological polar surface area (TPSA) is 67.6 Å². The van der Waals surface area contributed by atoms with Gasteiger partial charge in [-0.05, 0) is 69.7 Å². The van der Waals surface area contributed by atoms with Gasteiger partial charge in [0, 0.05) is 41.8 Å². The van der Waals surface area contributed by atoms with E-state index in [1.54, 1.807) is 0 Å². The number of rotatable bonds is 6. The maximum Gasteiger partial charge on any atom is 0.334 e. The van der Waals surface area contributed by atoms with Crippen molar-refractivity contribution in [3.8, 4) is 0 Å². The van der Waals surface area contributed by atoms with E-state index in [2.05, 4.69) is 29.5 Å². The molecular formula is C24H32ClN3O3. The molecule has 2 heterocycles. The normalized spacial score (nSPS) is 27.3. The van der Waals surface area contributed by atoms with Crippen LogP contribution in [0.4, 0.5) is 0 Å². The molecule has 1 N–H and O–H groups in total. The molecule has 1 aliphatic heterocycles. The van der Waals surface area contributed by atoms with Gasteiger partial charge in [-0.2, -0.15) is 5.10 Å². The number of aryl methyl sites for hydroxylation is 2. The molecular weight excluding hydrogens is 414 g/mol. The number of hydrogen-bond donors (Lipinski definition) is 1. The van der Waals surface area contributed by atoms with Gasteiger partial charge in [0.25, 0.3) is 0 Å². The molecule has 1 aromatic carbocycles. The molecule has 0 bridgehead atoms. The third kappa shape index (κ3) is 5.13. The Labute approximate surface area is 189 Å². The molecule has 1 saturated carbocycles. The highest BCUT2D eigenvalue weighted by atomic mass is 35.5. The van der Waals surface area contributed by atoms with Gasteiger partial charge >= 0.3 is 5.97 Å². The van der Waals surface area contributed by atoms with Crippen molar-refractivity contribution in [3.05, 3.63) is 52.3 Å². The van der Waals surface area contributed by atoms with E-state index in [-0.39, 0.29) is 6.04 Å². The van der Waals surface area contributed by atoms with Crippen molar-refractivity contribution in [2.75, 3.05) is 13.2 Å². The Morgan fingerprint density at radius 3 is 2.55 bits per heavy atom. The Bertz CT molecular complexity index is 890. The monoisotopic (exact) mass is 445 g/mol. The van der Waals surface area contributed by atoms with Gasteiger partial charge in [0.1, 0.15) is 0 Å². The summed E-state index contributed by atoms with van der Waals surface area (Å²) in [7, 11) is 0. The molecule has 0 unspecified atom stereocenters. The van der Waals surface area contributed by atoms with Crippen molar-refractivity contribution in [3.63, 3.8) is 0 Å². The molecule has 2 aromatic rings. The molecule has 6 nitrogen and oxygen atoms in total. The highest BCUT2D eigenvalue weighted by Gasteiger charge is 2.38. The van der Waals surface area contributed by atoms with E-state index in [9.17, 15) is 9.90 Å². The Morgan fingerprint density at radius 1 is 1.23 bits per heavy atom. The van der Waals surface area contributed by atoms with Gasteiger partial charge in [0.2, 0.25) is 0 Å². The lowest BCUT2D eigenvalue weighted by atomic mass is 9.82. The van der Waals surface area contributed by atoms with Crippen LogP contribution in [0.3, 0.4) is 0 Å². The van der Waals surface area contributed by atoms with Crippen LogP contribution in [-0.4, -0.2) is 57.1 Å². The third-order valence-electron chi connectivity index (χ3n) is 6.88. The van der Waals surface area contributed by atoms with Crippen LogP contribution in [0.5, 0.6) is 0 Å². The minimum atomic E-state index is -0.871. The molecule has 0 radical (unpaired) electrons. The van der Waals surface area contributed by atoms with Crippen LogP contribution in [0.25, 0.3) is 0 Å². The van der Waals surface area contributed by atoms with Gasteiger partial charge in [-0.25, -0.2) is 4.79 Å². The first-order valence-corrected chi connectivity index (χ1v) is 11.7. The molecule has 168 valence electrons. The third-order valence-corrected chi connectivity index (χ3v) is 7.13. The Morgan fingerprint density at radius 2 is 1.94 bits per heavy atom. The molecule has 1 saturated heterocycles. The van der Waals surface area contributed by atoms with Gasteiger partial charge in [-0.3, -0.25) is 9.58 Å². The fourth-order valence-electron chi connectivity index (χ4n) is 5.14. The zero-order valence-corrected chi connectivity index (χ0v) is 19.1. The van der Waals surface area contributed by atoms with Crippen LogP contribution in [0.1, 0.15) is 55.5 Å². The quantitative estimate of drug-likeness (QED) is 0.718.